The Bertz CT molecular complexity index is 426. The van der Waals surface area contributed by atoms with E-state index in [0.717, 1.165) is 12.8 Å². The van der Waals surface area contributed by atoms with Gasteiger partial charge in [-0.25, -0.2) is 0 Å². The van der Waals surface area contributed by atoms with Crippen LogP contribution in [-0.4, -0.2) is 30.9 Å². The molecule has 0 spiro atoms. The van der Waals surface area contributed by atoms with Crippen LogP contribution in [-0.2, 0) is 9.53 Å². The van der Waals surface area contributed by atoms with Gasteiger partial charge in [-0.2, -0.15) is 0 Å². The average molecular weight is 274 g/mol. The van der Waals surface area contributed by atoms with Crippen molar-refractivity contribution in [3.63, 3.8) is 0 Å². The van der Waals surface area contributed by atoms with Gasteiger partial charge in [0.05, 0.1) is 15.8 Å². The summed E-state index contributed by atoms with van der Waals surface area (Å²) < 4.78 is 5.78. The molecule has 0 radical (unpaired) electrons. The van der Waals surface area contributed by atoms with Gasteiger partial charge in [0.25, 0.3) is 0 Å². The van der Waals surface area contributed by atoms with Crippen molar-refractivity contribution in [2.24, 2.45) is 0 Å². The molecule has 1 atom stereocenters. The molecule has 1 aliphatic rings. The van der Waals surface area contributed by atoms with Crippen molar-refractivity contribution < 1.29 is 14.3 Å². The minimum absolute atomic E-state index is 0.00443. The molecule has 2 heterocycles. The average Bonchev–Trinajstić information content (AvgIpc) is 2.95. The van der Waals surface area contributed by atoms with E-state index < -0.39 is 6.10 Å². The number of ether oxygens (including phenoxy) is 1. The van der Waals surface area contributed by atoms with Crippen LogP contribution >= 0.6 is 22.9 Å². The van der Waals surface area contributed by atoms with Crippen molar-refractivity contribution in [2.75, 3.05) is 13.2 Å². The third-order valence-electron chi connectivity index (χ3n) is 2.49. The second-order valence-corrected chi connectivity index (χ2v) is 5.46. The molecule has 1 saturated heterocycles. The molecule has 1 aliphatic heterocycles. The number of rotatable bonds is 4. The van der Waals surface area contributed by atoms with E-state index in [1.54, 1.807) is 12.1 Å². The van der Waals surface area contributed by atoms with Crippen molar-refractivity contribution in [3.8, 4) is 0 Å². The van der Waals surface area contributed by atoms with E-state index in [-0.39, 0.29) is 18.2 Å². The van der Waals surface area contributed by atoms with Gasteiger partial charge in [-0.1, -0.05) is 11.6 Å². The van der Waals surface area contributed by atoms with Crippen molar-refractivity contribution in [2.45, 2.75) is 18.9 Å². The lowest BCUT2D eigenvalue weighted by molar-refractivity contribution is -0.129. The molecule has 1 aromatic heterocycles. The van der Waals surface area contributed by atoms with Gasteiger partial charge in [0, 0.05) is 6.61 Å². The summed E-state index contributed by atoms with van der Waals surface area (Å²) in [4.78, 5) is 23.8. The SMILES string of the molecule is O=C(CNC(=O)C1CCCO1)c1ccc(Cl)s1. The molecule has 1 unspecified atom stereocenters. The van der Waals surface area contributed by atoms with E-state index >= 15 is 0 Å². The second-order valence-electron chi connectivity index (χ2n) is 3.75. The highest BCUT2D eigenvalue weighted by Crippen LogP contribution is 2.21. The summed E-state index contributed by atoms with van der Waals surface area (Å²) in [7, 11) is 0. The van der Waals surface area contributed by atoms with Gasteiger partial charge in [0.2, 0.25) is 5.91 Å². The molecular formula is C11H12ClNO3S. The Kier molecular flexibility index (Phi) is 4.15. The summed E-state index contributed by atoms with van der Waals surface area (Å²) in [6.07, 6.45) is 1.23. The molecule has 6 heteroatoms. The molecule has 0 bridgehead atoms. The zero-order chi connectivity index (χ0) is 12.3. The fourth-order valence-corrected chi connectivity index (χ4v) is 2.60. The quantitative estimate of drug-likeness (QED) is 0.852. The summed E-state index contributed by atoms with van der Waals surface area (Å²) in [5, 5.41) is 2.58. The fourth-order valence-electron chi connectivity index (χ4n) is 1.62. The number of Topliss-reactive ketones (excluding diaryl/α,β-unsaturated/α-hetero) is 1. The third kappa shape index (κ3) is 3.28. The van der Waals surface area contributed by atoms with Gasteiger partial charge in [-0.3, -0.25) is 9.59 Å². The predicted molar refractivity (Wildman–Crippen MR) is 65.6 cm³/mol. The zero-order valence-corrected chi connectivity index (χ0v) is 10.6. The summed E-state index contributed by atoms with van der Waals surface area (Å²) in [5.41, 5.74) is 0. The maximum atomic E-state index is 11.7. The van der Waals surface area contributed by atoms with E-state index in [2.05, 4.69) is 5.32 Å². The molecule has 4 nitrogen and oxygen atoms in total. The maximum Gasteiger partial charge on any atom is 0.249 e. The Morgan fingerprint density at radius 1 is 1.53 bits per heavy atom. The van der Waals surface area contributed by atoms with E-state index in [1.165, 1.54) is 11.3 Å². The van der Waals surface area contributed by atoms with Crippen LogP contribution in [0, 0.1) is 0 Å². The topological polar surface area (TPSA) is 55.4 Å². The van der Waals surface area contributed by atoms with Crippen LogP contribution < -0.4 is 5.32 Å². The molecule has 2 rings (SSSR count). The first-order chi connectivity index (χ1) is 8.16. The number of hydrogen-bond acceptors (Lipinski definition) is 4. The molecule has 1 N–H and O–H groups in total. The second kappa shape index (κ2) is 5.62. The number of nitrogens with one attached hydrogen (secondary N) is 1. The lowest BCUT2D eigenvalue weighted by Crippen LogP contribution is -2.37. The molecule has 1 fully saturated rings. The van der Waals surface area contributed by atoms with E-state index in [1.807, 2.05) is 0 Å². The maximum absolute atomic E-state index is 11.7. The van der Waals surface area contributed by atoms with Gasteiger partial charge in [0.1, 0.15) is 6.10 Å². The summed E-state index contributed by atoms with van der Waals surface area (Å²) >= 11 is 6.94. The molecule has 92 valence electrons. The Morgan fingerprint density at radius 3 is 2.94 bits per heavy atom. The molecule has 1 aromatic rings. The Hall–Kier alpha value is -0.910. The van der Waals surface area contributed by atoms with Crippen molar-refractivity contribution in [1.29, 1.82) is 0 Å². The number of ketones is 1. The summed E-state index contributed by atoms with van der Waals surface area (Å²) in [6, 6.07) is 3.33. The normalized spacial score (nSPS) is 19.2. The van der Waals surface area contributed by atoms with E-state index in [0.29, 0.717) is 15.8 Å². The van der Waals surface area contributed by atoms with Crippen LogP contribution in [0.25, 0.3) is 0 Å². The number of carbonyl (C=O) groups is 2. The molecular weight excluding hydrogens is 262 g/mol. The number of halogens is 1. The smallest absolute Gasteiger partial charge is 0.249 e. The Balaban J connectivity index is 1.81. The lowest BCUT2D eigenvalue weighted by atomic mass is 10.2. The predicted octanol–water partition coefficient (Wildman–Crippen LogP) is 1.88. The highest BCUT2D eigenvalue weighted by molar-refractivity contribution is 7.18. The standard InChI is InChI=1S/C11H12ClNO3S/c12-10-4-3-9(17-10)7(14)6-13-11(15)8-2-1-5-16-8/h3-4,8H,1-2,5-6H2,(H,13,15). The van der Waals surface area contributed by atoms with Crippen LogP contribution in [0.4, 0.5) is 0 Å². The van der Waals surface area contributed by atoms with Crippen molar-refractivity contribution >= 4 is 34.6 Å². The minimum Gasteiger partial charge on any atom is -0.368 e. The fraction of sp³-hybridized carbons (Fsp3) is 0.455. The Labute approximate surface area is 108 Å². The first-order valence-corrected chi connectivity index (χ1v) is 6.54. The molecule has 1 amide bonds. The van der Waals surface area contributed by atoms with Crippen LogP contribution in [0.5, 0.6) is 0 Å². The van der Waals surface area contributed by atoms with Gasteiger partial charge in [-0.15, -0.1) is 11.3 Å². The lowest BCUT2D eigenvalue weighted by Gasteiger charge is -2.09. The van der Waals surface area contributed by atoms with Gasteiger partial charge < -0.3 is 10.1 Å². The first kappa shape index (κ1) is 12.5. The van der Waals surface area contributed by atoms with Crippen LogP contribution in [0.3, 0.4) is 0 Å². The number of hydrogen-bond donors (Lipinski definition) is 1. The van der Waals surface area contributed by atoms with Crippen molar-refractivity contribution in [3.05, 3.63) is 21.3 Å². The highest BCUT2D eigenvalue weighted by atomic mass is 35.5. The minimum atomic E-state index is -0.394. The summed E-state index contributed by atoms with van der Waals surface area (Å²) in [6.45, 7) is 0.613. The zero-order valence-electron chi connectivity index (χ0n) is 9.07. The van der Waals surface area contributed by atoms with Gasteiger partial charge in [-0.05, 0) is 25.0 Å². The third-order valence-corrected chi connectivity index (χ3v) is 3.77. The Morgan fingerprint density at radius 2 is 2.35 bits per heavy atom. The largest absolute Gasteiger partial charge is 0.368 e. The van der Waals surface area contributed by atoms with Crippen LogP contribution in [0.1, 0.15) is 22.5 Å². The van der Waals surface area contributed by atoms with Gasteiger partial charge in [0.15, 0.2) is 5.78 Å². The highest BCUT2D eigenvalue weighted by Gasteiger charge is 2.23. The molecule has 17 heavy (non-hydrogen) atoms. The molecule has 0 aliphatic carbocycles. The van der Waals surface area contributed by atoms with Crippen molar-refractivity contribution in [1.82, 2.24) is 5.32 Å². The summed E-state index contributed by atoms with van der Waals surface area (Å²) in [5.74, 6) is -0.341. The monoisotopic (exact) mass is 273 g/mol. The molecule has 0 saturated carbocycles. The van der Waals surface area contributed by atoms with Crippen LogP contribution in [0.15, 0.2) is 12.1 Å². The van der Waals surface area contributed by atoms with Gasteiger partial charge >= 0.3 is 0 Å². The number of thiophene rings is 1. The van der Waals surface area contributed by atoms with E-state index in [9.17, 15) is 9.59 Å². The first-order valence-electron chi connectivity index (χ1n) is 5.34. The van der Waals surface area contributed by atoms with E-state index in [4.69, 9.17) is 16.3 Å². The van der Waals surface area contributed by atoms with Crippen LogP contribution in [0.2, 0.25) is 4.34 Å². The number of amides is 1. The number of carbonyl (C=O) groups excluding carboxylic acids is 2. The molecule has 0 aromatic carbocycles.